The molecule has 0 spiro atoms. The van der Waals surface area contributed by atoms with Crippen molar-refractivity contribution in [2.45, 2.75) is 6.42 Å². The molecule has 4 aromatic rings. The standard InChI is InChI=1S/C29H30N2O7/c1-33-20-6-8-21(9-7-20)38-17-29(32)31-23-16-28(37-5)26(35-3)14-19(23)12-24-22-15-27(36-4)25(34-2)13-18(22)10-11-30-24/h6-11,13-16H,12,17H2,1-5H3,(H,31,32). The first-order valence-corrected chi connectivity index (χ1v) is 11.8. The molecule has 1 heterocycles. The number of methoxy groups -OCH3 is 5. The number of fused-ring (bicyclic) bond motifs is 1. The Balaban J connectivity index is 1.63. The zero-order valence-electron chi connectivity index (χ0n) is 22.0. The number of anilines is 1. The lowest BCUT2D eigenvalue weighted by Gasteiger charge is -2.17. The van der Waals surface area contributed by atoms with Gasteiger partial charge in [0.25, 0.3) is 5.91 Å². The zero-order chi connectivity index (χ0) is 27.1. The Bertz CT molecular complexity index is 1420. The van der Waals surface area contributed by atoms with Crippen molar-refractivity contribution in [2.75, 3.05) is 47.5 Å². The van der Waals surface area contributed by atoms with Gasteiger partial charge in [0.1, 0.15) is 11.5 Å². The molecular weight excluding hydrogens is 488 g/mol. The number of nitrogens with zero attached hydrogens (tertiary/aromatic N) is 1. The Morgan fingerprint density at radius 3 is 2.00 bits per heavy atom. The maximum Gasteiger partial charge on any atom is 0.262 e. The van der Waals surface area contributed by atoms with E-state index >= 15 is 0 Å². The summed E-state index contributed by atoms with van der Waals surface area (Å²) in [4.78, 5) is 17.5. The molecule has 3 aromatic carbocycles. The Labute approximate surface area is 221 Å². The summed E-state index contributed by atoms with van der Waals surface area (Å²) in [5, 5.41) is 4.80. The van der Waals surface area contributed by atoms with E-state index in [1.807, 2.05) is 24.3 Å². The minimum atomic E-state index is -0.327. The average molecular weight is 519 g/mol. The third-order valence-corrected chi connectivity index (χ3v) is 6.02. The smallest absolute Gasteiger partial charge is 0.262 e. The number of hydrogen-bond acceptors (Lipinski definition) is 8. The molecule has 0 bridgehead atoms. The molecule has 9 heteroatoms. The van der Waals surface area contributed by atoms with E-state index in [9.17, 15) is 4.79 Å². The molecule has 0 fully saturated rings. The van der Waals surface area contributed by atoms with Gasteiger partial charge in [-0.3, -0.25) is 9.78 Å². The van der Waals surface area contributed by atoms with E-state index in [1.54, 1.807) is 72.1 Å². The summed E-state index contributed by atoms with van der Waals surface area (Å²) in [5.41, 5.74) is 2.14. The van der Waals surface area contributed by atoms with Crippen molar-refractivity contribution in [3.63, 3.8) is 0 Å². The fourth-order valence-corrected chi connectivity index (χ4v) is 4.07. The first-order chi connectivity index (χ1) is 18.5. The summed E-state index contributed by atoms with van der Waals surface area (Å²) < 4.78 is 32.7. The highest BCUT2D eigenvalue weighted by molar-refractivity contribution is 5.93. The maximum atomic E-state index is 12.9. The average Bonchev–Trinajstić information content (AvgIpc) is 2.96. The van der Waals surface area contributed by atoms with Crippen molar-refractivity contribution in [1.29, 1.82) is 0 Å². The van der Waals surface area contributed by atoms with Gasteiger partial charge >= 0.3 is 0 Å². The number of pyridine rings is 1. The second-order valence-electron chi connectivity index (χ2n) is 8.24. The van der Waals surface area contributed by atoms with Crippen LogP contribution in [0.3, 0.4) is 0 Å². The lowest BCUT2D eigenvalue weighted by atomic mass is 10.0. The quantitative estimate of drug-likeness (QED) is 0.300. The molecule has 0 atom stereocenters. The van der Waals surface area contributed by atoms with Gasteiger partial charge in [0.15, 0.2) is 29.6 Å². The Morgan fingerprint density at radius 2 is 1.34 bits per heavy atom. The van der Waals surface area contributed by atoms with E-state index in [-0.39, 0.29) is 12.5 Å². The highest BCUT2D eigenvalue weighted by atomic mass is 16.5. The highest BCUT2D eigenvalue weighted by Gasteiger charge is 2.17. The van der Waals surface area contributed by atoms with Gasteiger partial charge in [0.05, 0.1) is 41.2 Å². The lowest BCUT2D eigenvalue weighted by molar-refractivity contribution is -0.118. The monoisotopic (exact) mass is 518 g/mol. The Hall–Kier alpha value is -4.66. The lowest BCUT2D eigenvalue weighted by Crippen LogP contribution is -2.21. The first kappa shape index (κ1) is 26.4. The number of nitrogens with one attached hydrogen (secondary N) is 1. The summed E-state index contributed by atoms with van der Waals surface area (Å²) in [5.74, 6) is 3.19. The number of carbonyl (C=O) groups is 1. The molecule has 0 saturated heterocycles. The number of rotatable bonds is 11. The molecular formula is C29H30N2O7. The van der Waals surface area contributed by atoms with Gasteiger partial charge in [-0.15, -0.1) is 0 Å². The second kappa shape index (κ2) is 12.1. The molecule has 1 N–H and O–H groups in total. The molecule has 9 nitrogen and oxygen atoms in total. The molecule has 0 saturated carbocycles. The van der Waals surface area contributed by atoms with E-state index < -0.39 is 0 Å². The predicted octanol–water partition coefficient (Wildman–Crippen LogP) is 4.89. The number of amides is 1. The molecule has 1 amide bonds. The zero-order valence-corrected chi connectivity index (χ0v) is 22.0. The van der Waals surface area contributed by atoms with Crippen LogP contribution in [-0.2, 0) is 11.2 Å². The van der Waals surface area contributed by atoms with Gasteiger partial charge in [-0.05, 0) is 59.5 Å². The Kier molecular flexibility index (Phi) is 8.37. The van der Waals surface area contributed by atoms with Crippen molar-refractivity contribution in [1.82, 2.24) is 4.98 Å². The van der Waals surface area contributed by atoms with Gasteiger partial charge in [-0.2, -0.15) is 0 Å². The second-order valence-corrected chi connectivity index (χ2v) is 8.24. The van der Waals surface area contributed by atoms with Crippen molar-refractivity contribution in [3.05, 3.63) is 72.1 Å². The first-order valence-electron chi connectivity index (χ1n) is 11.8. The minimum absolute atomic E-state index is 0.177. The van der Waals surface area contributed by atoms with Crippen LogP contribution < -0.4 is 33.7 Å². The van der Waals surface area contributed by atoms with Crippen LogP contribution in [0.5, 0.6) is 34.5 Å². The molecule has 38 heavy (non-hydrogen) atoms. The van der Waals surface area contributed by atoms with Crippen molar-refractivity contribution in [2.24, 2.45) is 0 Å². The summed E-state index contributed by atoms with van der Waals surface area (Å²) in [6, 6.07) is 16.3. The van der Waals surface area contributed by atoms with Gasteiger partial charge in [-0.25, -0.2) is 0 Å². The topological polar surface area (TPSA) is 97.4 Å². The molecule has 0 radical (unpaired) electrons. The summed E-state index contributed by atoms with van der Waals surface area (Å²) in [6.07, 6.45) is 2.15. The predicted molar refractivity (Wildman–Crippen MR) is 144 cm³/mol. The number of benzene rings is 3. The Morgan fingerprint density at radius 1 is 0.737 bits per heavy atom. The van der Waals surface area contributed by atoms with Crippen LogP contribution in [0.15, 0.2) is 60.8 Å². The molecule has 0 unspecified atom stereocenters. The van der Waals surface area contributed by atoms with E-state index in [0.29, 0.717) is 46.6 Å². The van der Waals surface area contributed by atoms with Crippen LogP contribution in [0.4, 0.5) is 5.69 Å². The largest absolute Gasteiger partial charge is 0.497 e. The summed E-state index contributed by atoms with van der Waals surface area (Å²) in [6.45, 7) is -0.177. The van der Waals surface area contributed by atoms with Crippen LogP contribution in [0.1, 0.15) is 11.3 Å². The van der Waals surface area contributed by atoms with Crippen LogP contribution in [0.25, 0.3) is 10.8 Å². The van der Waals surface area contributed by atoms with Gasteiger partial charge in [-0.1, -0.05) is 0 Å². The minimum Gasteiger partial charge on any atom is -0.497 e. The van der Waals surface area contributed by atoms with E-state index in [0.717, 1.165) is 22.0 Å². The number of hydrogen-bond donors (Lipinski definition) is 1. The fraction of sp³-hybridized carbons (Fsp3) is 0.241. The molecule has 0 aliphatic rings. The van der Waals surface area contributed by atoms with Crippen molar-refractivity contribution >= 4 is 22.4 Å². The number of aromatic nitrogens is 1. The van der Waals surface area contributed by atoms with Gasteiger partial charge in [0.2, 0.25) is 0 Å². The van der Waals surface area contributed by atoms with Crippen LogP contribution in [0.2, 0.25) is 0 Å². The third kappa shape index (κ3) is 5.83. The van der Waals surface area contributed by atoms with Crippen molar-refractivity contribution in [3.8, 4) is 34.5 Å². The van der Waals surface area contributed by atoms with Crippen LogP contribution in [0, 0.1) is 0 Å². The number of ether oxygens (including phenoxy) is 6. The third-order valence-electron chi connectivity index (χ3n) is 6.02. The number of carbonyl (C=O) groups excluding carboxylic acids is 1. The van der Waals surface area contributed by atoms with E-state index in [4.69, 9.17) is 28.4 Å². The molecule has 4 rings (SSSR count). The summed E-state index contributed by atoms with van der Waals surface area (Å²) in [7, 11) is 7.89. The van der Waals surface area contributed by atoms with Gasteiger partial charge < -0.3 is 33.7 Å². The molecule has 0 aliphatic heterocycles. The van der Waals surface area contributed by atoms with E-state index in [1.165, 1.54) is 0 Å². The SMILES string of the molecule is COc1ccc(OCC(=O)Nc2cc(OC)c(OC)cc2Cc2nccc3cc(OC)c(OC)cc23)cc1. The fourth-order valence-electron chi connectivity index (χ4n) is 4.07. The van der Waals surface area contributed by atoms with Crippen LogP contribution >= 0.6 is 0 Å². The normalized spacial score (nSPS) is 10.6. The van der Waals surface area contributed by atoms with Crippen molar-refractivity contribution < 1.29 is 33.2 Å². The van der Waals surface area contributed by atoms with Gasteiger partial charge in [0, 0.05) is 29.8 Å². The molecule has 198 valence electrons. The molecule has 1 aromatic heterocycles. The van der Waals surface area contributed by atoms with Crippen LogP contribution in [-0.4, -0.2) is 53.0 Å². The highest BCUT2D eigenvalue weighted by Crippen LogP contribution is 2.37. The summed E-state index contributed by atoms with van der Waals surface area (Å²) >= 11 is 0. The maximum absolute atomic E-state index is 12.9. The van der Waals surface area contributed by atoms with E-state index in [2.05, 4.69) is 10.3 Å². The molecule has 0 aliphatic carbocycles.